The van der Waals surface area contributed by atoms with Crippen molar-refractivity contribution < 1.29 is 17.9 Å². The molecule has 0 aliphatic rings. The van der Waals surface area contributed by atoms with E-state index in [2.05, 4.69) is 5.32 Å². The second kappa shape index (κ2) is 10.7. The first-order valence-corrected chi connectivity index (χ1v) is 12.7. The molecule has 1 amide bonds. The second-order valence-corrected chi connectivity index (χ2v) is 10.2. The van der Waals surface area contributed by atoms with E-state index in [1.165, 1.54) is 4.31 Å². The van der Waals surface area contributed by atoms with Gasteiger partial charge in [0.15, 0.2) is 0 Å². The van der Waals surface area contributed by atoms with Crippen molar-refractivity contribution in [3.63, 3.8) is 0 Å². The lowest BCUT2D eigenvalue weighted by Crippen LogP contribution is -2.42. The van der Waals surface area contributed by atoms with Crippen molar-refractivity contribution >= 4 is 21.6 Å². The van der Waals surface area contributed by atoms with Gasteiger partial charge in [0.2, 0.25) is 5.91 Å². The molecule has 1 atom stereocenters. The molecule has 0 aromatic heterocycles. The van der Waals surface area contributed by atoms with E-state index in [4.69, 9.17) is 4.74 Å². The SMILES string of the molecule is CCC(NC(=O)CN(c1cccc(C)c1C)S(=O)(=O)c1ccc(C)cc1)c1ccc(OC)cc1. The van der Waals surface area contributed by atoms with Crippen molar-refractivity contribution in [2.45, 2.75) is 45.1 Å². The number of benzene rings is 3. The Labute approximate surface area is 202 Å². The van der Waals surface area contributed by atoms with E-state index in [0.717, 1.165) is 28.0 Å². The minimum atomic E-state index is -3.97. The molecule has 34 heavy (non-hydrogen) atoms. The normalized spacial score (nSPS) is 12.1. The first-order valence-electron chi connectivity index (χ1n) is 11.3. The van der Waals surface area contributed by atoms with Crippen LogP contribution in [0.3, 0.4) is 0 Å². The summed E-state index contributed by atoms with van der Waals surface area (Å²) in [7, 11) is -2.36. The van der Waals surface area contributed by atoms with Crippen LogP contribution < -0.4 is 14.4 Å². The predicted molar refractivity (Wildman–Crippen MR) is 136 cm³/mol. The van der Waals surface area contributed by atoms with E-state index in [1.807, 2.05) is 58.0 Å². The Kier molecular flexibility index (Phi) is 7.99. The largest absolute Gasteiger partial charge is 0.497 e. The number of aryl methyl sites for hydroxylation is 2. The van der Waals surface area contributed by atoms with Crippen LogP contribution in [-0.2, 0) is 14.8 Å². The zero-order valence-corrected chi connectivity index (χ0v) is 21.1. The van der Waals surface area contributed by atoms with Crippen LogP contribution in [0.5, 0.6) is 5.75 Å². The van der Waals surface area contributed by atoms with E-state index >= 15 is 0 Å². The number of nitrogens with zero attached hydrogens (tertiary/aromatic N) is 1. The van der Waals surface area contributed by atoms with Gasteiger partial charge in [0.25, 0.3) is 10.0 Å². The topological polar surface area (TPSA) is 75.7 Å². The molecule has 0 fully saturated rings. The van der Waals surface area contributed by atoms with Gasteiger partial charge in [-0.3, -0.25) is 9.10 Å². The number of methoxy groups -OCH3 is 1. The first kappa shape index (κ1) is 25.3. The highest BCUT2D eigenvalue weighted by Gasteiger charge is 2.29. The average Bonchev–Trinajstić information content (AvgIpc) is 2.83. The minimum absolute atomic E-state index is 0.147. The zero-order chi connectivity index (χ0) is 24.9. The molecule has 0 saturated carbocycles. The highest BCUT2D eigenvalue weighted by Crippen LogP contribution is 2.29. The molecule has 7 heteroatoms. The molecule has 1 unspecified atom stereocenters. The Balaban J connectivity index is 1.94. The number of rotatable bonds is 9. The number of anilines is 1. The average molecular weight is 481 g/mol. The molecule has 0 aliphatic carbocycles. The monoisotopic (exact) mass is 480 g/mol. The molecule has 6 nitrogen and oxygen atoms in total. The zero-order valence-electron chi connectivity index (χ0n) is 20.3. The third kappa shape index (κ3) is 5.59. The van der Waals surface area contributed by atoms with Crippen LogP contribution in [-0.4, -0.2) is 28.0 Å². The molecule has 0 saturated heterocycles. The summed E-state index contributed by atoms with van der Waals surface area (Å²) in [5.41, 5.74) is 4.14. The molecule has 0 spiro atoms. The number of nitrogens with one attached hydrogen (secondary N) is 1. The van der Waals surface area contributed by atoms with Crippen LogP contribution >= 0.6 is 0 Å². The molecule has 3 aromatic carbocycles. The Morgan fingerprint density at radius 2 is 1.62 bits per heavy atom. The van der Waals surface area contributed by atoms with Gasteiger partial charge in [-0.2, -0.15) is 0 Å². The summed E-state index contributed by atoms with van der Waals surface area (Å²) in [6.07, 6.45) is 0.659. The summed E-state index contributed by atoms with van der Waals surface area (Å²) < 4.78 is 33.8. The number of hydrogen-bond acceptors (Lipinski definition) is 4. The summed E-state index contributed by atoms with van der Waals surface area (Å²) >= 11 is 0. The second-order valence-electron chi connectivity index (χ2n) is 8.35. The van der Waals surface area contributed by atoms with Crippen LogP contribution in [0.25, 0.3) is 0 Å². The van der Waals surface area contributed by atoms with Gasteiger partial charge in [0.1, 0.15) is 12.3 Å². The smallest absolute Gasteiger partial charge is 0.264 e. The van der Waals surface area contributed by atoms with Crippen LogP contribution in [0.2, 0.25) is 0 Å². The highest BCUT2D eigenvalue weighted by molar-refractivity contribution is 7.92. The summed E-state index contributed by atoms with van der Waals surface area (Å²) in [6, 6.07) is 19.4. The Morgan fingerprint density at radius 3 is 2.21 bits per heavy atom. The number of sulfonamides is 1. The van der Waals surface area contributed by atoms with E-state index < -0.39 is 10.0 Å². The van der Waals surface area contributed by atoms with Crippen LogP contribution in [0, 0.1) is 20.8 Å². The fourth-order valence-corrected chi connectivity index (χ4v) is 5.25. The first-order chi connectivity index (χ1) is 16.2. The van der Waals surface area contributed by atoms with Gasteiger partial charge in [-0.1, -0.05) is 48.9 Å². The molecule has 0 heterocycles. The quantitative estimate of drug-likeness (QED) is 0.463. The fourth-order valence-electron chi connectivity index (χ4n) is 3.77. The van der Waals surface area contributed by atoms with Crippen molar-refractivity contribution in [2.75, 3.05) is 18.0 Å². The van der Waals surface area contributed by atoms with E-state index in [9.17, 15) is 13.2 Å². The molecule has 0 radical (unpaired) electrons. The minimum Gasteiger partial charge on any atom is -0.497 e. The van der Waals surface area contributed by atoms with Gasteiger partial charge in [-0.15, -0.1) is 0 Å². The summed E-state index contributed by atoms with van der Waals surface area (Å²) in [5.74, 6) is 0.356. The standard InChI is InChI=1S/C27H32N2O4S/c1-6-25(22-12-14-23(33-5)15-13-22)28-27(30)18-29(26-9-7-8-20(3)21(26)4)34(31,32)24-16-10-19(2)11-17-24/h7-17,25H,6,18H2,1-5H3,(H,28,30). The molecule has 0 bridgehead atoms. The van der Waals surface area contributed by atoms with Gasteiger partial charge in [-0.25, -0.2) is 8.42 Å². The van der Waals surface area contributed by atoms with Gasteiger partial charge < -0.3 is 10.1 Å². The van der Waals surface area contributed by atoms with E-state index in [-0.39, 0.29) is 23.4 Å². The lowest BCUT2D eigenvalue weighted by Gasteiger charge is -2.27. The molecule has 3 rings (SSSR count). The van der Waals surface area contributed by atoms with Crippen molar-refractivity contribution in [1.29, 1.82) is 0 Å². The molecular weight excluding hydrogens is 448 g/mol. The van der Waals surface area contributed by atoms with Gasteiger partial charge in [-0.05, 0) is 74.2 Å². The third-order valence-electron chi connectivity index (χ3n) is 6.00. The van der Waals surface area contributed by atoms with Crippen molar-refractivity contribution in [3.8, 4) is 5.75 Å². The number of hydrogen-bond donors (Lipinski definition) is 1. The summed E-state index contributed by atoms with van der Waals surface area (Å²) in [5, 5.41) is 3.00. The lowest BCUT2D eigenvalue weighted by atomic mass is 10.0. The van der Waals surface area contributed by atoms with E-state index in [0.29, 0.717) is 12.1 Å². The van der Waals surface area contributed by atoms with Gasteiger partial charge in [0.05, 0.1) is 23.7 Å². The van der Waals surface area contributed by atoms with Crippen LogP contribution in [0.1, 0.15) is 41.6 Å². The number of amides is 1. The van der Waals surface area contributed by atoms with Crippen molar-refractivity contribution in [1.82, 2.24) is 5.32 Å². The van der Waals surface area contributed by atoms with Crippen LogP contribution in [0.15, 0.2) is 71.6 Å². The summed E-state index contributed by atoms with van der Waals surface area (Å²) in [4.78, 5) is 13.3. The molecule has 3 aromatic rings. The maximum atomic E-state index is 13.7. The van der Waals surface area contributed by atoms with Crippen molar-refractivity contribution in [3.05, 3.63) is 89.0 Å². The Hall–Kier alpha value is -3.32. The summed E-state index contributed by atoms with van der Waals surface area (Å²) in [6.45, 7) is 7.34. The lowest BCUT2D eigenvalue weighted by molar-refractivity contribution is -0.120. The number of ether oxygens (including phenoxy) is 1. The Morgan fingerprint density at radius 1 is 0.971 bits per heavy atom. The van der Waals surface area contributed by atoms with Crippen LogP contribution in [0.4, 0.5) is 5.69 Å². The maximum absolute atomic E-state index is 13.7. The molecule has 1 N–H and O–H groups in total. The van der Waals surface area contributed by atoms with E-state index in [1.54, 1.807) is 43.5 Å². The van der Waals surface area contributed by atoms with Crippen molar-refractivity contribution in [2.24, 2.45) is 0 Å². The van der Waals surface area contributed by atoms with Gasteiger partial charge in [0, 0.05) is 0 Å². The third-order valence-corrected chi connectivity index (χ3v) is 7.78. The Bertz CT molecular complexity index is 1240. The van der Waals surface area contributed by atoms with Gasteiger partial charge >= 0.3 is 0 Å². The number of carbonyl (C=O) groups excluding carboxylic acids is 1. The molecule has 0 aliphatic heterocycles. The molecule has 180 valence electrons. The fraction of sp³-hybridized carbons (Fsp3) is 0.296. The highest BCUT2D eigenvalue weighted by atomic mass is 32.2. The maximum Gasteiger partial charge on any atom is 0.264 e. The number of carbonyl (C=O) groups is 1. The molecular formula is C27H32N2O4S. The predicted octanol–water partition coefficient (Wildman–Crippen LogP) is 5.08.